The second-order valence-corrected chi connectivity index (χ2v) is 9.99. The summed E-state index contributed by atoms with van der Waals surface area (Å²) in [5.41, 5.74) is 2.22. The molecule has 0 aliphatic rings. The molecule has 10 heteroatoms. The highest BCUT2D eigenvalue weighted by Gasteiger charge is 2.36. The van der Waals surface area contributed by atoms with Crippen LogP contribution < -0.4 is 10.2 Å². The van der Waals surface area contributed by atoms with Gasteiger partial charge in [-0.05, 0) is 54.3 Å². The van der Waals surface area contributed by atoms with Crippen molar-refractivity contribution >= 4 is 27.5 Å². The molecule has 0 aliphatic carbocycles. The van der Waals surface area contributed by atoms with Crippen molar-refractivity contribution in [2.75, 3.05) is 13.3 Å². The van der Waals surface area contributed by atoms with Crippen LogP contribution in [0.3, 0.4) is 0 Å². The Morgan fingerprint density at radius 3 is 2.31 bits per heavy atom. The van der Waals surface area contributed by atoms with E-state index in [1.807, 2.05) is 13.8 Å². The number of hydroxylamine groups is 1. The van der Waals surface area contributed by atoms with E-state index in [9.17, 15) is 22.8 Å². The number of nitrogens with zero attached hydrogens (tertiary/aromatic N) is 1. The second kappa shape index (κ2) is 12.2. The smallest absolute Gasteiger partial charge is 0.261 e. The van der Waals surface area contributed by atoms with Crippen LogP contribution in [-0.4, -0.2) is 43.2 Å². The van der Waals surface area contributed by atoms with Gasteiger partial charge in [0, 0.05) is 18.0 Å². The molecule has 0 aromatic heterocycles. The molecule has 0 heterocycles. The molecule has 0 spiro atoms. The third kappa shape index (κ3) is 7.16. The van der Waals surface area contributed by atoms with Crippen molar-refractivity contribution in [1.29, 1.82) is 0 Å². The van der Waals surface area contributed by atoms with Crippen molar-refractivity contribution in [2.45, 2.75) is 44.2 Å². The minimum Gasteiger partial charge on any atom is -0.493 e. The van der Waals surface area contributed by atoms with Gasteiger partial charge in [0.15, 0.2) is 0 Å². The van der Waals surface area contributed by atoms with Crippen molar-refractivity contribution < 1.29 is 27.5 Å². The molecule has 0 saturated carbocycles. The summed E-state index contributed by atoms with van der Waals surface area (Å²) >= 11 is 5.94. The number of alkyl halides is 1. The highest BCUT2D eigenvalue weighted by Crippen LogP contribution is 2.26. The minimum absolute atomic E-state index is 0.0218. The first-order valence-electron chi connectivity index (χ1n) is 10.2. The zero-order valence-electron chi connectivity index (χ0n) is 18.0. The molecule has 176 valence electrons. The van der Waals surface area contributed by atoms with Crippen LogP contribution in [0.15, 0.2) is 53.4 Å². The number of ether oxygens (including phenoxy) is 1. The number of benzene rings is 2. The number of carbonyl (C=O) groups excluding carboxylic acids is 1. The minimum atomic E-state index is -4.14. The second-order valence-electron chi connectivity index (χ2n) is 7.66. The molecule has 2 aromatic carbocycles. The first-order chi connectivity index (χ1) is 15.2. The van der Waals surface area contributed by atoms with E-state index in [2.05, 4.69) is 0 Å². The number of amides is 1. The van der Waals surface area contributed by atoms with Gasteiger partial charge in [-0.25, -0.2) is 13.9 Å². The predicted molar refractivity (Wildman–Crippen MR) is 120 cm³/mol. The Labute approximate surface area is 193 Å². The van der Waals surface area contributed by atoms with Crippen LogP contribution in [0.5, 0.6) is 5.75 Å². The molecule has 2 rings (SSSR count). The Hall–Kier alpha value is -2.20. The zero-order chi connectivity index (χ0) is 23.7. The highest BCUT2D eigenvalue weighted by atomic mass is 35.5. The van der Waals surface area contributed by atoms with Gasteiger partial charge in [-0.1, -0.05) is 37.6 Å². The summed E-state index contributed by atoms with van der Waals surface area (Å²) in [5.74, 6) is -0.428. The molecule has 2 aromatic rings. The van der Waals surface area contributed by atoms with Crippen LogP contribution in [0.25, 0.3) is 0 Å². The Morgan fingerprint density at radius 1 is 1.16 bits per heavy atom. The fourth-order valence-electron chi connectivity index (χ4n) is 3.10. The number of hydrogen-bond donors (Lipinski definition) is 2. The SMILES string of the molecule is CC(C)CC(C(=O)NO)N(Cc1ccc(Cl)cc1)S(=O)(=O)c1ccc(OCCCF)cc1. The maximum atomic E-state index is 13.6. The molecule has 0 saturated heterocycles. The lowest BCUT2D eigenvalue weighted by molar-refractivity contribution is -0.133. The molecule has 0 radical (unpaired) electrons. The van der Waals surface area contributed by atoms with E-state index in [-0.39, 0.29) is 36.8 Å². The van der Waals surface area contributed by atoms with Gasteiger partial charge in [0.1, 0.15) is 11.8 Å². The van der Waals surface area contributed by atoms with E-state index in [0.29, 0.717) is 16.3 Å². The van der Waals surface area contributed by atoms with Crippen LogP contribution in [0.4, 0.5) is 4.39 Å². The summed E-state index contributed by atoms with van der Waals surface area (Å²) in [7, 11) is -4.14. The molecule has 1 atom stereocenters. The van der Waals surface area contributed by atoms with Gasteiger partial charge in [0.05, 0.1) is 18.2 Å². The average Bonchev–Trinajstić information content (AvgIpc) is 2.77. The maximum Gasteiger partial charge on any atom is 0.261 e. The van der Waals surface area contributed by atoms with E-state index in [1.54, 1.807) is 29.7 Å². The van der Waals surface area contributed by atoms with Crippen LogP contribution in [0.2, 0.25) is 5.02 Å². The zero-order valence-corrected chi connectivity index (χ0v) is 19.6. The molecular formula is C22H28ClFN2O5S. The first kappa shape index (κ1) is 26.1. The molecule has 1 amide bonds. The number of hydrogen-bond acceptors (Lipinski definition) is 5. The van der Waals surface area contributed by atoms with E-state index in [0.717, 1.165) is 4.31 Å². The third-order valence-corrected chi connectivity index (χ3v) is 6.80. The molecule has 1 unspecified atom stereocenters. The van der Waals surface area contributed by atoms with E-state index < -0.39 is 28.6 Å². The number of sulfonamides is 1. The van der Waals surface area contributed by atoms with Crippen LogP contribution in [-0.2, 0) is 21.4 Å². The molecule has 2 N–H and O–H groups in total. The van der Waals surface area contributed by atoms with E-state index in [1.165, 1.54) is 24.3 Å². The Bertz CT molecular complexity index is 969. The quantitative estimate of drug-likeness (QED) is 0.266. The van der Waals surface area contributed by atoms with E-state index in [4.69, 9.17) is 16.3 Å². The lowest BCUT2D eigenvalue weighted by Crippen LogP contribution is -2.49. The van der Waals surface area contributed by atoms with Gasteiger partial charge in [-0.15, -0.1) is 0 Å². The predicted octanol–water partition coefficient (Wildman–Crippen LogP) is 4.19. The van der Waals surface area contributed by atoms with Gasteiger partial charge in [-0.2, -0.15) is 4.31 Å². The normalized spacial score (nSPS) is 12.7. The Morgan fingerprint density at radius 2 is 1.78 bits per heavy atom. The van der Waals surface area contributed by atoms with Crippen LogP contribution in [0, 0.1) is 5.92 Å². The van der Waals surface area contributed by atoms with Crippen molar-refractivity contribution in [1.82, 2.24) is 9.79 Å². The summed E-state index contributed by atoms with van der Waals surface area (Å²) in [6.07, 6.45) is 0.436. The number of nitrogens with one attached hydrogen (secondary N) is 1. The van der Waals surface area contributed by atoms with Crippen molar-refractivity contribution in [2.24, 2.45) is 5.92 Å². The van der Waals surface area contributed by atoms with Gasteiger partial charge >= 0.3 is 0 Å². The molecule has 0 fully saturated rings. The molecule has 0 aliphatic heterocycles. The summed E-state index contributed by atoms with van der Waals surface area (Å²) < 4.78 is 45.8. The summed E-state index contributed by atoms with van der Waals surface area (Å²) in [6.45, 7) is 3.29. The molecule has 32 heavy (non-hydrogen) atoms. The Kier molecular flexibility index (Phi) is 9.89. The van der Waals surface area contributed by atoms with Crippen molar-refractivity contribution in [3.05, 3.63) is 59.1 Å². The van der Waals surface area contributed by atoms with Gasteiger partial charge < -0.3 is 4.74 Å². The lowest BCUT2D eigenvalue weighted by atomic mass is 10.0. The van der Waals surface area contributed by atoms with Crippen molar-refractivity contribution in [3.8, 4) is 5.75 Å². The fraction of sp³-hybridized carbons (Fsp3) is 0.409. The number of halogens is 2. The third-order valence-electron chi connectivity index (χ3n) is 4.68. The number of carbonyl (C=O) groups is 1. The number of rotatable bonds is 12. The van der Waals surface area contributed by atoms with E-state index >= 15 is 0 Å². The highest BCUT2D eigenvalue weighted by molar-refractivity contribution is 7.89. The lowest BCUT2D eigenvalue weighted by Gasteiger charge is -2.30. The summed E-state index contributed by atoms with van der Waals surface area (Å²) in [4.78, 5) is 12.4. The van der Waals surface area contributed by atoms with Gasteiger partial charge in [0.2, 0.25) is 10.0 Å². The first-order valence-corrected chi connectivity index (χ1v) is 12.0. The monoisotopic (exact) mass is 486 g/mol. The standard InChI is InChI=1S/C22H28ClFN2O5S/c1-16(2)14-21(22(27)25-28)26(15-17-4-6-18(23)7-5-17)32(29,30)20-10-8-19(9-11-20)31-13-3-12-24/h4-11,16,21,28H,3,12-15H2,1-2H3,(H,25,27). The van der Waals surface area contributed by atoms with Crippen molar-refractivity contribution in [3.63, 3.8) is 0 Å². The summed E-state index contributed by atoms with van der Waals surface area (Å²) in [6, 6.07) is 11.2. The maximum absolute atomic E-state index is 13.6. The summed E-state index contributed by atoms with van der Waals surface area (Å²) in [5, 5.41) is 9.76. The average molecular weight is 487 g/mol. The van der Waals surface area contributed by atoms with Gasteiger partial charge in [-0.3, -0.25) is 14.4 Å². The van der Waals surface area contributed by atoms with Crippen LogP contribution >= 0.6 is 11.6 Å². The van der Waals surface area contributed by atoms with Crippen LogP contribution in [0.1, 0.15) is 32.3 Å². The largest absolute Gasteiger partial charge is 0.493 e. The van der Waals surface area contributed by atoms with Gasteiger partial charge in [0.25, 0.3) is 5.91 Å². The molecular weight excluding hydrogens is 459 g/mol. The topological polar surface area (TPSA) is 95.9 Å². The fourth-order valence-corrected chi connectivity index (χ4v) is 4.81. The molecule has 0 bridgehead atoms. The molecule has 7 nitrogen and oxygen atoms in total. The Balaban J connectivity index is 2.43.